The summed E-state index contributed by atoms with van der Waals surface area (Å²) in [5.74, 6) is -0.724. The van der Waals surface area contributed by atoms with Crippen LogP contribution < -0.4 is 4.90 Å². The van der Waals surface area contributed by atoms with Crippen molar-refractivity contribution < 1.29 is 9.59 Å². The second-order valence-electron chi connectivity index (χ2n) is 6.69. The van der Waals surface area contributed by atoms with Crippen LogP contribution in [0.15, 0.2) is 55.0 Å². The average molecular weight is 369 g/mol. The Kier molecular flexibility index (Phi) is 3.39. The Morgan fingerprint density at radius 1 is 0.964 bits per heavy atom. The summed E-state index contributed by atoms with van der Waals surface area (Å²) in [6, 6.07) is 11.0. The lowest BCUT2D eigenvalue weighted by atomic mass is 10.0. The van der Waals surface area contributed by atoms with Crippen molar-refractivity contribution in [2.45, 2.75) is 6.92 Å². The first-order valence-corrected chi connectivity index (χ1v) is 8.78. The van der Waals surface area contributed by atoms with Crippen molar-refractivity contribution >= 4 is 28.5 Å². The van der Waals surface area contributed by atoms with E-state index in [1.54, 1.807) is 30.2 Å². The number of fused-ring (bicyclic) bond motifs is 3. The van der Waals surface area contributed by atoms with E-state index in [1.807, 2.05) is 37.3 Å². The summed E-state index contributed by atoms with van der Waals surface area (Å²) in [5, 5.41) is 5.14. The number of anilines is 1. The lowest BCUT2D eigenvalue weighted by Crippen LogP contribution is -2.30. The minimum absolute atomic E-state index is 0.295. The third-order valence-corrected chi connectivity index (χ3v) is 5.01. The normalized spacial score (nSPS) is 13.4. The lowest BCUT2D eigenvalue weighted by molar-refractivity contribution is 0.0926. The summed E-state index contributed by atoms with van der Waals surface area (Å²) in [6.07, 6.45) is 4.80. The predicted molar refractivity (Wildman–Crippen MR) is 104 cm³/mol. The van der Waals surface area contributed by atoms with Crippen molar-refractivity contribution in [1.82, 2.24) is 19.7 Å². The number of rotatable bonds is 2. The molecule has 0 fully saturated rings. The molecular formula is C21H15N5O2. The SMILES string of the molecule is Cc1ccccc1N1C(=O)c2cnc3c(c(-c4ccncc4)nn3C)c2C1=O. The molecule has 7 nitrogen and oxygen atoms in total. The Bertz CT molecular complexity index is 1280. The summed E-state index contributed by atoms with van der Waals surface area (Å²) in [6.45, 7) is 1.87. The third kappa shape index (κ3) is 2.13. The first kappa shape index (κ1) is 16.3. The van der Waals surface area contributed by atoms with Gasteiger partial charge in [-0.15, -0.1) is 0 Å². The van der Waals surface area contributed by atoms with Gasteiger partial charge in [-0.25, -0.2) is 14.6 Å². The Morgan fingerprint density at radius 2 is 1.71 bits per heavy atom. The maximum Gasteiger partial charge on any atom is 0.267 e. The molecule has 4 aromatic rings. The number of hydrogen-bond donors (Lipinski definition) is 0. The van der Waals surface area contributed by atoms with Crippen molar-refractivity contribution in [3.63, 3.8) is 0 Å². The molecule has 0 spiro atoms. The van der Waals surface area contributed by atoms with Crippen LogP contribution >= 0.6 is 0 Å². The molecule has 3 aromatic heterocycles. The number of aryl methyl sites for hydroxylation is 2. The van der Waals surface area contributed by atoms with Crippen LogP contribution in [0, 0.1) is 6.92 Å². The number of imide groups is 1. The molecule has 7 heteroatoms. The van der Waals surface area contributed by atoms with Gasteiger partial charge in [-0.2, -0.15) is 5.10 Å². The van der Waals surface area contributed by atoms with Crippen LogP contribution in [0.25, 0.3) is 22.3 Å². The molecule has 1 aliphatic rings. The fourth-order valence-electron chi connectivity index (χ4n) is 3.67. The van der Waals surface area contributed by atoms with Gasteiger partial charge in [0.05, 0.1) is 22.2 Å². The number of para-hydroxylation sites is 1. The van der Waals surface area contributed by atoms with Gasteiger partial charge in [-0.05, 0) is 30.7 Å². The van der Waals surface area contributed by atoms with Crippen molar-refractivity contribution in [2.75, 3.05) is 4.90 Å². The highest BCUT2D eigenvalue weighted by Gasteiger charge is 2.40. The van der Waals surface area contributed by atoms with E-state index in [2.05, 4.69) is 15.1 Å². The maximum atomic E-state index is 13.4. The van der Waals surface area contributed by atoms with E-state index < -0.39 is 0 Å². The van der Waals surface area contributed by atoms with Crippen LogP contribution in [-0.4, -0.2) is 31.6 Å². The zero-order chi connectivity index (χ0) is 19.4. The maximum absolute atomic E-state index is 13.4. The smallest absolute Gasteiger partial charge is 0.267 e. The van der Waals surface area contributed by atoms with E-state index in [4.69, 9.17) is 0 Å². The van der Waals surface area contributed by atoms with Gasteiger partial charge in [0.2, 0.25) is 0 Å². The molecule has 0 unspecified atom stereocenters. The van der Waals surface area contributed by atoms with Crippen molar-refractivity contribution in [2.24, 2.45) is 7.05 Å². The van der Waals surface area contributed by atoms with Crippen molar-refractivity contribution in [3.8, 4) is 11.3 Å². The van der Waals surface area contributed by atoms with Crippen molar-refractivity contribution in [3.05, 3.63) is 71.7 Å². The first-order chi connectivity index (χ1) is 13.6. The zero-order valence-electron chi connectivity index (χ0n) is 15.2. The molecular weight excluding hydrogens is 354 g/mol. The fraction of sp³-hybridized carbons (Fsp3) is 0.0952. The van der Waals surface area contributed by atoms with Crippen LogP contribution in [-0.2, 0) is 7.05 Å². The minimum Gasteiger partial charge on any atom is -0.268 e. The van der Waals surface area contributed by atoms with Gasteiger partial charge in [0.1, 0.15) is 5.69 Å². The lowest BCUT2D eigenvalue weighted by Gasteiger charge is -2.16. The number of carbonyl (C=O) groups is 2. The van der Waals surface area contributed by atoms with Gasteiger partial charge in [-0.3, -0.25) is 14.6 Å². The quantitative estimate of drug-likeness (QED) is 0.507. The van der Waals surface area contributed by atoms with E-state index in [-0.39, 0.29) is 11.8 Å². The Morgan fingerprint density at radius 3 is 2.46 bits per heavy atom. The number of amides is 2. The number of aromatic nitrogens is 4. The van der Waals surface area contributed by atoms with Crippen LogP contribution in [0.1, 0.15) is 26.3 Å². The van der Waals surface area contributed by atoms with Gasteiger partial charge in [0.15, 0.2) is 5.65 Å². The van der Waals surface area contributed by atoms with Crippen LogP contribution in [0.2, 0.25) is 0 Å². The molecule has 28 heavy (non-hydrogen) atoms. The molecule has 5 rings (SSSR count). The molecule has 0 atom stereocenters. The highest BCUT2D eigenvalue weighted by molar-refractivity contribution is 6.38. The Balaban J connectivity index is 1.80. The first-order valence-electron chi connectivity index (χ1n) is 8.78. The topological polar surface area (TPSA) is 81.0 Å². The number of benzene rings is 1. The van der Waals surface area contributed by atoms with E-state index in [0.717, 1.165) is 11.1 Å². The molecule has 0 bridgehead atoms. The molecule has 0 aliphatic carbocycles. The highest BCUT2D eigenvalue weighted by Crippen LogP contribution is 2.37. The Labute approximate surface area is 160 Å². The molecule has 0 N–H and O–H groups in total. The van der Waals surface area contributed by atoms with Gasteiger partial charge in [0, 0.05) is 31.2 Å². The minimum atomic E-state index is -0.367. The number of pyridine rings is 2. The summed E-state index contributed by atoms with van der Waals surface area (Å²) in [5.41, 5.74) is 4.04. The fourth-order valence-corrected chi connectivity index (χ4v) is 3.67. The van der Waals surface area contributed by atoms with Gasteiger partial charge < -0.3 is 0 Å². The second-order valence-corrected chi connectivity index (χ2v) is 6.69. The highest BCUT2D eigenvalue weighted by atomic mass is 16.2. The van der Waals surface area contributed by atoms with Crippen LogP contribution in [0.3, 0.4) is 0 Å². The number of carbonyl (C=O) groups excluding carboxylic acids is 2. The van der Waals surface area contributed by atoms with E-state index >= 15 is 0 Å². The van der Waals surface area contributed by atoms with E-state index in [9.17, 15) is 9.59 Å². The van der Waals surface area contributed by atoms with Gasteiger partial charge in [0.25, 0.3) is 11.8 Å². The van der Waals surface area contributed by atoms with Crippen molar-refractivity contribution in [1.29, 1.82) is 0 Å². The standard InChI is InChI=1S/C21H15N5O2/c1-12-5-3-4-6-15(12)26-20(27)14-11-23-19-17(16(14)21(26)28)18(24-25(19)2)13-7-9-22-10-8-13/h3-11H,1-2H3. The molecule has 1 aromatic carbocycles. The molecule has 0 radical (unpaired) electrons. The summed E-state index contributed by atoms with van der Waals surface area (Å²) < 4.78 is 1.62. The largest absolute Gasteiger partial charge is 0.268 e. The molecule has 2 amide bonds. The Hall–Kier alpha value is -3.87. The molecule has 4 heterocycles. The second kappa shape index (κ2) is 5.82. The number of nitrogens with zero attached hydrogens (tertiary/aromatic N) is 5. The van der Waals surface area contributed by atoms with E-state index in [0.29, 0.717) is 33.5 Å². The summed E-state index contributed by atoms with van der Waals surface area (Å²) >= 11 is 0. The van der Waals surface area contributed by atoms with Gasteiger partial charge >= 0.3 is 0 Å². The third-order valence-electron chi connectivity index (χ3n) is 5.01. The van der Waals surface area contributed by atoms with Gasteiger partial charge in [-0.1, -0.05) is 18.2 Å². The molecule has 0 saturated heterocycles. The monoisotopic (exact) mass is 369 g/mol. The summed E-state index contributed by atoms with van der Waals surface area (Å²) in [7, 11) is 1.77. The molecule has 0 saturated carbocycles. The average Bonchev–Trinajstić information content (AvgIpc) is 3.18. The zero-order valence-corrected chi connectivity index (χ0v) is 15.2. The summed E-state index contributed by atoms with van der Waals surface area (Å²) in [4.78, 5) is 36.2. The molecule has 1 aliphatic heterocycles. The van der Waals surface area contributed by atoms with Crippen LogP contribution in [0.5, 0.6) is 0 Å². The van der Waals surface area contributed by atoms with Crippen LogP contribution in [0.4, 0.5) is 5.69 Å². The molecule has 136 valence electrons. The predicted octanol–water partition coefficient (Wildman–Crippen LogP) is 3.14. The number of hydrogen-bond acceptors (Lipinski definition) is 5. The van der Waals surface area contributed by atoms with E-state index in [1.165, 1.54) is 11.1 Å².